The first kappa shape index (κ1) is 17.2. The summed E-state index contributed by atoms with van der Waals surface area (Å²) in [6.07, 6.45) is 3.66. The van der Waals surface area contributed by atoms with Crippen LogP contribution in [0, 0.1) is 6.92 Å². The Kier molecular flexibility index (Phi) is 4.98. The molecular weight excluding hydrogens is 338 g/mol. The number of carbonyl (C=O) groups excluding carboxylic acids is 1. The second-order valence-electron chi connectivity index (χ2n) is 6.93. The number of benzene rings is 3. The fourth-order valence-corrected chi connectivity index (χ4v) is 4.48. The predicted molar refractivity (Wildman–Crippen MR) is 111 cm³/mol. The average Bonchev–Trinajstić information content (AvgIpc) is 3.07. The maximum Gasteiger partial charge on any atom is 0.224 e. The van der Waals surface area contributed by atoms with Gasteiger partial charge in [0, 0.05) is 22.4 Å². The molecule has 0 aromatic heterocycles. The Morgan fingerprint density at radius 2 is 1.77 bits per heavy atom. The Labute approximate surface area is 159 Å². The molecule has 3 aromatic rings. The minimum absolute atomic E-state index is 0.105. The molecule has 3 heteroatoms. The Hall–Kier alpha value is -2.26. The van der Waals surface area contributed by atoms with Crippen molar-refractivity contribution < 1.29 is 4.79 Å². The zero-order chi connectivity index (χ0) is 17.9. The van der Waals surface area contributed by atoms with E-state index in [-0.39, 0.29) is 5.91 Å². The summed E-state index contributed by atoms with van der Waals surface area (Å²) in [5, 5.41) is 5.65. The summed E-state index contributed by atoms with van der Waals surface area (Å²) in [5.74, 6) is 1.06. The van der Waals surface area contributed by atoms with E-state index in [9.17, 15) is 4.79 Å². The van der Waals surface area contributed by atoms with E-state index in [4.69, 9.17) is 0 Å². The lowest BCUT2D eigenvalue weighted by atomic mass is 10.0. The van der Waals surface area contributed by atoms with E-state index in [1.54, 1.807) is 0 Å². The van der Waals surface area contributed by atoms with Gasteiger partial charge in [-0.15, -0.1) is 11.8 Å². The molecule has 0 fully saturated rings. The molecule has 0 radical (unpaired) electrons. The number of nitrogens with one attached hydrogen (secondary N) is 1. The lowest BCUT2D eigenvalue weighted by Gasteiger charge is -2.10. The monoisotopic (exact) mass is 361 g/mol. The molecule has 26 heavy (non-hydrogen) atoms. The molecule has 0 saturated heterocycles. The summed E-state index contributed by atoms with van der Waals surface area (Å²) in [6.45, 7) is 2.10. The molecule has 1 aliphatic rings. The highest BCUT2D eigenvalue weighted by Crippen LogP contribution is 2.35. The molecule has 4 rings (SSSR count). The minimum Gasteiger partial charge on any atom is -0.326 e. The molecule has 0 saturated carbocycles. The van der Waals surface area contributed by atoms with Crippen molar-refractivity contribution in [3.8, 4) is 0 Å². The third-order valence-electron chi connectivity index (χ3n) is 4.99. The normalized spacial score (nSPS) is 12.5. The number of hydrogen-bond acceptors (Lipinski definition) is 2. The van der Waals surface area contributed by atoms with Crippen LogP contribution in [0.15, 0.2) is 59.5 Å². The number of thioether (sulfide) groups is 1. The fraction of sp³-hybridized carbons (Fsp3) is 0.261. The highest BCUT2D eigenvalue weighted by Gasteiger charge is 2.16. The number of anilines is 1. The Bertz CT molecular complexity index is 936. The van der Waals surface area contributed by atoms with Crippen molar-refractivity contribution in [2.45, 2.75) is 37.5 Å². The molecule has 0 unspecified atom stereocenters. The van der Waals surface area contributed by atoms with Crippen molar-refractivity contribution >= 4 is 34.1 Å². The fourth-order valence-electron chi connectivity index (χ4n) is 3.63. The zero-order valence-electron chi connectivity index (χ0n) is 15.0. The van der Waals surface area contributed by atoms with Gasteiger partial charge in [0.25, 0.3) is 0 Å². The van der Waals surface area contributed by atoms with E-state index in [1.807, 2.05) is 11.8 Å². The van der Waals surface area contributed by atoms with Crippen LogP contribution in [0.5, 0.6) is 0 Å². The highest BCUT2D eigenvalue weighted by molar-refractivity contribution is 7.99. The van der Waals surface area contributed by atoms with Crippen LogP contribution in [-0.4, -0.2) is 11.7 Å². The third-order valence-corrected chi connectivity index (χ3v) is 6.09. The molecule has 0 heterocycles. The van der Waals surface area contributed by atoms with Crippen LogP contribution in [0.2, 0.25) is 0 Å². The minimum atomic E-state index is 0.105. The van der Waals surface area contributed by atoms with Gasteiger partial charge in [0.15, 0.2) is 0 Å². The van der Waals surface area contributed by atoms with Crippen LogP contribution in [-0.2, 0) is 17.6 Å². The van der Waals surface area contributed by atoms with Crippen molar-refractivity contribution in [1.29, 1.82) is 0 Å². The van der Waals surface area contributed by atoms with E-state index in [0.29, 0.717) is 6.42 Å². The predicted octanol–water partition coefficient (Wildman–Crippen LogP) is 5.76. The average molecular weight is 362 g/mol. The largest absolute Gasteiger partial charge is 0.326 e. The molecule has 3 aromatic carbocycles. The molecule has 1 N–H and O–H groups in total. The topological polar surface area (TPSA) is 29.1 Å². The van der Waals surface area contributed by atoms with Gasteiger partial charge in [0.05, 0.1) is 0 Å². The van der Waals surface area contributed by atoms with E-state index in [1.165, 1.54) is 32.4 Å². The van der Waals surface area contributed by atoms with Crippen LogP contribution in [0.3, 0.4) is 0 Å². The quantitative estimate of drug-likeness (QED) is 0.447. The molecule has 0 aliphatic heterocycles. The van der Waals surface area contributed by atoms with Crippen LogP contribution >= 0.6 is 11.8 Å². The van der Waals surface area contributed by atoms with Crippen molar-refractivity contribution in [1.82, 2.24) is 0 Å². The second-order valence-corrected chi connectivity index (χ2v) is 8.09. The first-order valence-corrected chi connectivity index (χ1v) is 10.2. The van der Waals surface area contributed by atoms with Crippen molar-refractivity contribution in [3.05, 3.63) is 71.3 Å². The van der Waals surface area contributed by atoms with E-state index >= 15 is 0 Å². The number of aryl methyl sites for hydroxylation is 3. The van der Waals surface area contributed by atoms with Gasteiger partial charge in [-0.25, -0.2) is 0 Å². The van der Waals surface area contributed by atoms with E-state index in [0.717, 1.165) is 30.7 Å². The zero-order valence-corrected chi connectivity index (χ0v) is 15.9. The Morgan fingerprint density at radius 3 is 2.58 bits per heavy atom. The summed E-state index contributed by atoms with van der Waals surface area (Å²) in [6, 6.07) is 19.2. The maximum absolute atomic E-state index is 12.4. The Morgan fingerprint density at radius 1 is 1.00 bits per heavy atom. The van der Waals surface area contributed by atoms with E-state index < -0.39 is 0 Å². The third kappa shape index (κ3) is 3.63. The Balaban J connectivity index is 1.34. The van der Waals surface area contributed by atoms with Crippen LogP contribution < -0.4 is 5.32 Å². The van der Waals surface area contributed by atoms with Gasteiger partial charge in [-0.05, 0) is 66.7 Å². The summed E-state index contributed by atoms with van der Waals surface area (Å²) < 4.78 is 0. The number of carbonyl (C=O) groups is 1. The summed E-state index contributed by atoms with van der Waals surface area (Å²) in [4.78, 5) is 13.6. The summed E-state index contributed by atoms with van der Waals surface area (Å²) in [7, 11) is 0. The molecule has 0 spiro atoms. The smallest absolute Gasteiger partial charge is 0.224 e. The molecule has 0 bridgehead atoms. The lowest BCUT2D eigenvalue weighted by Crippen LogP contribution is -2.11. The molecule has 132 valence electrons. The second kappa shape index (κ2) is 7.55. The first-order valence-electron chi connectivity index (χ1n) is 9.23. The number of amides is 1. The van der Waals surface area contributed by atoms with Gasteiger partial charge in [-0.1, -0.05) is 42.0 Å². The van der Waals surface area contributed by atoms with Crippen molar-refractivity contribution in [3.63, 3.8) is 0 Å². The van der Waals surface area contributed by atoms with Gasteiger partial charge in [-0.2, -0.15) is 0 Å². The first-order chi connectivity index (χ1) is 12.7. The van der Waals surface area contributed by atoms with Crippen LogP contribution in [0.25, 0.3) is 10.8 Å². The summed E-state index contributed by atoms with van der Waals surface area (Å²) >= 11 is 1.81. The molecule has 2 nitrogen and oxygen atoms in total. The van der Waals surface area contributed by atoms with Gasteiger partial charge >= 0.3 is 0 Å². The number of hydrogen-bond donors (Lipinski definition) is 1. The highest BCUT2D eigenvalue weighted by atomic mass is 32.2. The van der Waals surface area contributed by atoms with Gasteiger partial charge in [-0.3, -0.25) is 4.79 Å². The van der Waals surface area contributed by atoms with Crippen LogP contribution in [0.4, 0.5) is 5.69 Å². The lowest BCUT2D eigenvalue weighted by molar-refractivity contribution is -0.116. The molecule has 1 amide bonds. The standard InChI is InChI=1S/C23H23NOS/c1-16-7-12-19(13-8-16)26-15-3-6-22(25)24-21-14-11-18-10-9-17-4-2-5-20(21)23(17)18/h2,4-5,7-8,11-14H,3,6,9-10,15H2,1H3,(H,24,25). The SMILES string of the molecule is Cc1ccc(SCCCC(=O)Nc2ccc3c4c(cccc24)CC3)cc1. The van der Waals surface area contributed by atoms with Crippen molar-refractivity contribution in [2.75, 3.05) is 11.1 Å². The van der Waals surface area contributed by atoms with Crippen LogP contribution in [0.1, 0.15) is 29.5 Å². The number of rotatable bonds is 6. The molecular formula is C23H23NOS. The van der Waals surface area contributed by atoms with E-state index in [2.05, 4.69) is 66.8 Å². The van der Waals surface area contributed by atoms with Gasteiger partial charge in [0.1, 0.15) is 0 Å². The van der Waals surface area contributed by atoms with Gasteiger partial charge < -0.3 is 5.32 Å². The summed E-state index contributed by atoms with van der Waals surface area (Å²) in [5.41, 5.74) is 5.04. The van der Waals surface area contributed by atoms with Crippen molar-refractivity contribution in [2.24, 2.45) is 0 Å². The van der Waals surface area contributed by atoms with Gasteiger partial charge in [0.2, 0.25) is 5.91 Å². The molecule has 0 atom stereocenters. The maximum atomic E-state index is 12.4. The molecule has 1 aliphatic carbocycles.